The Labute approximate surface area is 155 Å². The van der Waals surface area contributed by atoms with E-state index in [1.807, 2.05) is 0 Å². The van der Waals surface area contributed by atoms with E-state index in [0.717, 1.165) is 4.57 Å². The summed E-state index contributed by atoms with van der Waals surface area (Å²) < 4.78 is 29.2. The van der Waals surface area contributed by atoms with Crippen LogP contribution in [0.15, 0.2) is 21.9 Å². The van der Waals surface area contributed by atoms with Gasteiger partial charge in [-0.25, -0.2) is 4.79 Å². The number of hydrogen-bond acceptors (Lipinski definition) is 8. The van der Waals surface area contributed by atoms with Crippen LogP contribution in [0.5, 0.6) is 0 Å². The molecular weight excluding hydrogens is 381 g/mol. The van der Waals surface area contributed by atoms with Crippen molar-refractivity contribution in [2.75, 3.05) is 25.9 Å². The Bertz CT molecular complexity index is 797. The van der Waals surface area contributed by atoms with Gasteiger partial charge in [0.05, 0.1) is 19.3 Å². The number of aliphatic hydroxyl groups is 1. The Morgan fingerprint density at radius 1 is 1.41 bits per heavy atom. The molecule has 0 aromatic carbocycles. The molecule has 3 atom stereocenters. The third-order valence-corrected chi connectivity index (χ3v) is 5.83. The van der Waals surface area contributed by atoms with Crippen LogP contribution in [0.4, 0.5) is 0 Å². The molecule has 1 amide bonds. The lowest BCUT2D eigenvalue weighted by Crippen LogP contribution is -2.38. The number of amides is 1. The smallest absolute Gasteiger partial charge is 0.340 e. The summed E-state index contributed by atoms with van der Waals surface area (Å²) in [5.74, 6) is -0.569. The Morgan fingerprint density at radius 3 is 2.67 bits per heavy atom. The second-order valence-electron chi connectivity index (χ2n) is 5.86. The van der Waals surface area contributed by atoms with Crippen molar-refractivity contribution in [3.05, 3.63) is 33.1 Å². The number of rotatable bonds is 9. The molecule has 11 nitrogen and oxygen atoms in total. The Balaban J connectivity index is 1.92. The summed E-state index contributed by atoms with van der Waals surface area (Å²) in [5.41, 5.74) is -1.19. The number of aromatic nitrogens is 2. The number of nitrogens with one attached hydrogen (secondary N) is 2. The second-order valence-corrected chi connectivity index (χ2v) is 7.91. The molecule has 2 rings (SSSR count). The molecule has 1 aromatic heterocycles. The van der Waals surface area contributed by atoms with Gasteiger partial charge in [0, 0.05) is 25.2 Å². The Hall–Kier alpha value is -1.78. The molecule has 0 spiro atoms. The van der Waals surface area contributed by atoms with Gasteiger partial charge in [-0.05, 0) is 13.8 Å². The van der Waals surface area contributed by atoms with Crippen molar-refractivity contribution in [3.8, 4) is 0 Å². The SMILES string of the molecule is CCOP(=O)(CC(=O)NC[C@H]1O[C@@H](n2ccc(=O)[nH]c2=O)C[C@@H]1O)OCC. The first kappa shape index (κ1) is 21.5. The summed E-state index contributed by atoms with van der Waals surface area (Å²) in [4.78, 5) is 37.1. The van der Waals surface area contributed by atoms with Gasteiger partial charge in [-0.1, -0.05) is 0 Å². The van der Waals surface area contributed by atoms with Gasteiger partial charge in [0.25, 0.3) is 5.56 Å². The number of aromatic amines is 1. The van der Waals surface area contributed by atoms with Crippen molar-refractivity contribution in [2.45, 2.75) is 38.7 Å². The number of ether oxygens (including phenoxy) is 1. The normalized spacial score (nSPS) is 22.7. The summed E-state index contributed by atoms with van der Waals surface area (Å²) in [6.45, 7) is 3.53. The molecular formula is C15H24N3O8P. The highest BCUT2D eigenvalue weighted by Gasteiger charge is 2.36. The van der Waals surface area contributed by atoms with Crippen molar-refractivity contribution < 1.29 is 28.3 Å². The highest BCUT2D eigenvalue weighted by atomic mass is 31.2. The standard InChI is InChI=1S/C15H24N3O8P/c1-3-24-27(23,25-4-2)9-13(21)16-8-11-10(19)7-14(26-11)18-6-5-12(20)17-15(18)22/h5-6,10-11,14,19H,3-4,7-9H2,1-2H3,(H,16,21)(H,17,20,22)/t10-,11+,14+/m0/s1. The summed E-state index contributed by atoms with van der Waals surface area (Å²) in [6, 6.07) is 1.17. The Kier molecular flexibility index (Phi) is 7.51. The van der Waals surface area contributed by atoms with Crippen molar-refractivity contribution in [3.63, 3.8) is 0 Å². The molecule has 1 saturated heterocycles. The molecule has 0 bridgehead atoms. The average Bonchev–Trinajstić information content (AvgIpc) is 2.93. The number of nitrogens with zero attached hydrogens (tertiary/aromatic N) is 1. The molecule has 1 aliphatic heterocycles. The zero-order valence-electron chi connectivity index (χ0n) is 15.1. The van der Waals surface area contributed by atoms with Gasteiger partial charge < -0.3 is 24.2 Å². The maximum Gasteiger partial charge on any atom is 0.340 e. The number of carbonyl (C=O) groups excluding carboxylic acids is 1. The van der Waals surface area contributed by atoms with Crippen molar-refractivity contribution in [2.24, 2.45) is 0 Å². The van der Waals surface area contributed by atoms with Gasteiger partial charge in [-0.3, -0.25) is 23.7 Å². The third kappa shape index (κ3) is 5.85. The molecule has 1 aliphatic rings. The van der Waals surface area contributed by atoms with E-state index >= 15 is 0 Å². The summed E-state index contributed by atoms with van der Waals surface area (Å²) in [5, 5.41) is 12.6. The van der Waals surface area contributed by atoms with Crippen LogP contribution in [0.3, 0.4) is 0 Å². The molecule has 1 fully saturated rings. The van der Waals surface area contributed by atoms with E-state index in [1.165, 1.54) is 12.3 Å². The second kappa shape index (κ2) is 9.43. The molecule has 0 saturated carbocycles. The van der Waals surface area contributed by atoms with Gasteiger partial charge >= 0.3 is 13.3 Å². The first-order valence-corrected chi connectivity index (χ1v) is 10.3. The molecule has 0 radical (unpaired) electrons. The van der Waals surface area contributed by atoms with Gasteiger partial charge in [-0.2, -0.15) is 0 Å². The molecule has 1 aromatic rings. The van der Waals surface area contributed by atoms with Crippen LogP contribution < -0.4 is 16.6 Å². The lowest BCUT2D eigenvalue weighted by molar-refractivity contribution is -0.120. The topological polar surface area (TPSA) is 149 Å². The highest BCUT2D eigenvalue weighted by molar-refractivity contribution is 7.54. The fraction of sp³-hybridized carbons (Fsp3) is 0.667. The predicted octanol–water partition coefficient (Wildman–Crippen LogP) is -0.433. The minimum atomic E-state index is -3.52. The van der Waals surface area contributed by atoms with E-state index in [2.05, 4.69) is 10.3 Å². The summed E-state index contributed by atoms with van der Waals surface area (Å²) >= 11 is 0. The lowest BCUT2D eigenvalue weighted by atomic mass is 10.2. The van der Waals surface area contributed by atoms with E-state index in [-0.39, 0.29) is 26.2 Å². The van der Waals surface area contributed by atoms with E-state index in [1.54, 1.807) is 13.8 Å². The minimum Gasteiger partial charge on any atom is -0.390 e. The highest BCUT2D eigenvalue weighted by Crippen LogP contribution is 2.47. The van der Waals surface area contributed by atoms with Crippen molar-refractivity contribution >= 4 is 13.5 Å². The number of carbonyl (C=O) groups is 1. The zero-order chi connectivity index (χ0) is 20.0. The fourth-order valence-electron chi connectivity index (χ4n) is 2.69. The molecule has 2 heterocycles. The quantitative estimate of drug-likeness (QED) is 0.469. The monoisotopic (exact) mass is 405 g/mol. The predicted molar refractivity (Wildman–Crippen MR) is 94.6 cm³/mol. The molecule has 0 unspecified atom stereocenters. The van der Waals surface area contributed by atoms with Crippen molar-refractivity contribution in [1.29, 1.82) is 0 Å². The first-order valence-electron chi connectivity index (χ1n) is 8.57. The van der Waals surface area contributed by atoms with Crippen LogP contribution in [-0.2, 0) is 23.1 Å². The molecule has 12 heteroatoms. The van der Waals surface area contributed by atoms with Gasteiger partial charge in [-0.15, -0.1) is 0 Å². The largest absolute Gasteiger partial charge is 0.390 e. The maximum atomic E-state index is 12.3. The maximum absolute atomic E-state index is 12.3. The summed E-state index contributed by atoms with van der Waals surface area (Å²) in [6.07, 6.45) is -1.52. The van der Waals surface area contributed by atoms with Gasteiger partial charge in [0.15, 0.2) is 0 Å². The minimum absolute atomic E-state index is 0.0488. The van der Waals surface area contributed by atoms with Crippen LogP contribution in [0.25, 0.3) is 0 Å². The van der Waals surface area contributed by atoms with Crippen LogP contribution >= 0.6 is 7.60 Å². The third-order valence-electron chi connectivity index (χ3n) is 3.85. The molecule has 3 N–H and O–H groups in total. The number of hydrogen-bond donors (Lipinski definition) is 3. The van der Waals surface area contributed by atoms with E-state index in [0.29, 0.717) is 0 Å². The van der Waals surface area contributed by atoms with Crippen LogP contribution in [0.1, 0.15) is 26.5 Å². The van der Waals surface area contributed by atoms with Crippen molar-refractivity contribution in [1.82, 2.24) is 14.9 Å². The first-order chi connectivity index (χ1) is 12.8. The van der Waals surface area contributed by atoms with E-state index in [4.69, 9.17) is 13.8 Å². The molecule has 27 heavy (non-hydrogen) atoms. The lowest BCUT2D eigenvalue weighted by Gasteiger charge is -2.19. The van der Waals surface area contributed by atoms with E-state index < -0.39 is 49.3 Å². The van der Waals surface area contributed by atoms with Gasteiger partial charge in [0.2, 0.25) is 5.91 Å². The van der Waals surface area contributed by atoms with Crippen LogP contribution in [0.2, 0.25) is 0 Å². The van der Waals surface area contributed by atoms with Crippen LogP contribution in [0, 0.1) is 0 Å². The number of H-pyrrole nitrogens is 1. The van der Waals surface area contributed by atoms with E-state index in [9.17, 15) is 24.1 Å². The van der Waals surface area contributed by atoms with Gasteiger partial charge in [0.1, 0.15) is 18.5 Å². The average molecular weight is 405 g/mol. The zero-order valence-corrected chi connectivity index (χ0v) is 16.0. The summed E-state index contributed by atoms with van der Waals surface area (Å²) in [7, 11) is -3.52. The fourth-order valence-corrected chi connectivity index (χ4v) is 4.20. The molecule has 152 valence electrons. The molecule has 0 aliphatic carbocycles. The number of aliphatic hydroxyl groups excluding tert-OH is 1. The Morgan fingerprint density at radius 2 is 2.07 bits per heavy atom. The van der Waals surface area contributed by atoms with Crippen LogP contribution in [-0.4, -0.2) is 58.7 Å².